The third-order valence-electron chi connectivity index (χ3n) is 2.06. The van der Waals surface area contributed by atoms with Crippen LogP contribution in [0, 0.1) is 6.92 Å². The van der Waals surface area contributed by atoms with Crippen LogP contribution in [0.2, 0.25) is 0 Å². The van der Waals surface area contributed by atoms with E-state index in [1.54, 1.807) is 17.9 Å². The standard InChI is InChI=1S/C10H14N6/c1-7-4-9(15-10(11-2)13-7)14-8-5-12-16(3)6-8/h4-6H,1-3H3,(H2,11,13,14,15). The van der Waals surface area contributed by atoms with Gasteiger partial charge in [-0.2, -0.15) is 10.1 Å². The zero-order valence-corrected chi connectivity index (χ0v) is 9.52. The van der Waals surface area contributed by atoms with Gasteiger partial charge in [0, 0.05) is 32.1 Å². The monoisotopic (exact) mass is 218 g/mol. The zero-order valence-electron chi connectivity index (χ0n) is 9.52. The van der Waals surface area contributed by atoms with Crippen LogP contribution in [0.4, 0.5) is 17.5 Å². The van der Waals surface area contributed by atoms with Gasteiger partial charge in [-0.05, 0) is 6.92 Å². The van der Waals surface area contributed by atoms with Gasteiger partial charge in [0.15, 0.2) is 0 Å². The molecule has 2 aromatic heterocycles. The highest BCUT2D eigenvalue weighted by molar-refractivity contribution is 5.55. The molecule has 0 saturated carbocycles. The van der Waals surface area contributed by atoms with Crippen LogP contribution in [0.15, 0.2) is 18.5 Å². The molecule has 2 N–H and O–H groups in total. The highest BCUT2D eigenvalue weighted by atomic mass is 15.3. The summed E-state index contributed by atoms with van der Waals surface area (Å²) >= 11 is 0. The van der Waals surface area contributed by atoms with Gasteiger partial charge in [-0.15, -0.1) is 0 Å². The van der Waals surface area contributed by atoms with E-state index in [0.717, 1.165) is 17.2 Å². The molecule has 6 heteroatoms. The molecule has 0 amide bonds. The summed E-state index contributed by atoms with van der Waals surface area (Å²) in [5.74, 6) is 1.36. The summed E-state index contributed by atoms with van der Waals surface area (Å²) in [4.78, 5) is 8.50. The van der Waals surface area contributed by atoms with Crippen molar-refractivity contribution in [3.63, 3.8) is 0 Å². The SMILES string of the molecule is CNc1nc(C)cc(Nc2cnn(C)c2)n1. The normalized spacial score (nSPS) is 10.2. The Labute approximate surface area is 93.7 Å². The molecule has 0 saturated heterocycles. The van der Waals surface area contributed by atoms with Crippen LogP contribution in [0.25, 0.3) is 0 Å². The van der Waals surface area contributed by atoms with E-state index < -0.39 is 0 Å². The van der Waals surface area contributed by atoms with Crippen LogP contribution in [0.1, 0.15) is 5.69 Å². The van der Waals surface area contributed by atoms with E-state index in [9.17, 15) is 0 Å². The van der Waals surface area contributed by atoms with E-state index in [1.807, 2.05) is 26.2 Å². The van der Waals surface area contributed by atoms with Crippen LogP contribution >= 0.6 is 0 Å². The minimum Gasteiger partial charge on any atom is -0.357 e. The molecule has 0 aliphatic rings. The quantitative estimate of drug-likeness (QED) is 0.812. The van der Waals surface area contributed by atoms with Crippen LogP contribution in [-0.2, 0) is 7.05 Å². The Morgan fingerprint density at radius 2 is 2.12 bits per heavy atom. The van der Waals surface area contributed by atoms with Crippen molar-refractivity contribution >= 4 is 17.5 Å². The van der Waals surface area contributed by atoms with Gasteiger partial charge in [0.1, 0.15) is 5.82 Å². The molecule has 84 valence electrons. The van der Waals surface area contributed by atoms with Gasteiger partial charge in [0.05, 0.1) is 11.9 Å². The van der Waals surface area contributed by atoms with Gasteiger partial charge >= 0.3 is 0 Å². The second kappa shape index (κ2) is 4.18. The highest BCUT2D eigenvalue weighted by Crippen LogP contribution is 2.15. The fourth-order valence-electron chi connectivity index (χ4n) is 1.38. The lowest BCUT2D eigenvalue weighted by atomic mass is 10.4. The number of nitrogens with one attached hydrogen (secondary N) is 2. The molecule has 0 aromatic carbocycles. The van der Waals surface area contributed by atoms with Crippen LogP contribution < -0.4 is 10.6 Å². The van der Waals surface area contributed by atoms with Crippen molar-refractivity contribution < 1.29 is 0 Å². The average Bonchev–Trinajstić information content (AvgIpc) is 2.63. The van der Waals surface area contributed by atoms with E-state index in [1.165, 1.54) is 0 Å². The third-order valence-corrected chi connectivity index (χ3v) is 2.06. The predicted molar refractivity (Wildman–Crippen MR) is 62.8 cm³/mol. The second-order valence-electron chi connectivity index (χ2n) is 3.50. The minimum atomic E-state index is 0.603. The topological polar surface area (TPSA) is 67.7 Å². The van der Waals surface area contributed by atoms with Crippen molar-refractivity contribution in [2.24, 2.45) is 7.05 Å². The van der Waals surface area contributed by atoms with E-state index in [4.69, 9.17) is 0 Å². The number of aromatic nitrogens is 4. The Bertz CT molecular complexity index is 490. The first-order valence-corrected chi connectivity index (χ1v) is 4.96. The second-order valence-corrected chi connectivity index (χ2v) is 3.50. The maximum atomic E-state index is 4.29. The van der Waals surface area contributed by atoms with Crippen molar-refractivity contribution in [3.8, 4) is 0 Å². The molecule has 0 bridgehead atoms. The maximum absolute atomic E-state index is 4.29. The van der Waals surface area contributed by atoms with Gasteiger partial charge in [-0.3, -0.25) is 4.68 Å². The first kappa shape index (κ1) is 10.4. The average molecular weight is 218 g/mol. The number of rotatable bonds is 3. The molecule has 6 nitrogen and oxygen atoms in total. The minimum absolute atomic E-state index is 0.603. The molecule has 16 heavy (non-hydrogen) atoms. The van der Waals surface area contributed by atoms with Crippen LogP contribution in [0.3, 0.4) is 0 Å². The lowest BCUT2D eigenvalue weighted by Gasteiger charge is -2.05. The molecule has 0 atom stereocenters. The van der Waals surface area contributed by atoms with E-state index in [0.29, 0.717) is 5.95 Å². The van der Waals surface area contributed by atoms with Gasteiger partial charge in [0.2, 0.25) is 5.95 Å². The predicted octanol–water partition coefficient (Wildman–Crippen LogP) is 1.30. The highest BCUT2D eigenvalue weighted by Gasteiger charge is 2.02. The Hall–Kier alpha value is -2.11. The molecule has 2 rings (SSSR count). The van der Waals surface area contributed by atoms with E-state index >= 15 is 0 Å². The smallest absolute Gasteiger partial charge is 0.224 e. The Morgan fingerprint density at radius 3 is 2.75 bits per heavy atom. The molecule has 0 fully saturated rings. The zero-order chi connectivity index (χ0) is 11.5. The van der Waals surface area contributed by atoms with Gasteiger partial charge in [-0.1, -0.05) is 0 Å². The lowest BCUT2D eigenvalue weighted by molar-refractivity contribution is 0.768. The number of aryl methyl sites for hydroxylation is 2. The molecule has 0 aliphatic carbocycles. The first-order valence-electron chi connectivity index (χ1n) is 4.96. The summed E-state index contributed by atoms with van der Waals surface area (Å²) in [6.45, 7) is 1.93. The fourth-order valence-corrected chi connectivity index (χ4v) is 1.38. The Kier molecular flexibility index (Phi) is 2.72. The number of hydrogen-bond donors (Lipinski definition) is 2. The van der Waals surface area contributed by atoms with Crippen molar-refractivity contribution in [2.75, 3.05) is 17.7 Å². The summed E-state index contributed by atoms with van der Waals surface area (Å²) in [6.07, 6.45) is 3.63. The Morgan fingerprint density at radius 1 is 1.31 bits per heavy atom. The molecule has 0 aliphatic heterocycles. The number of hydrogen-bond acceptors (Lipinski definition) is 5. The van der Waals surface area contributed by atoms with Crippen molar-refractivity contribution in [1.82, 2.24) is 19.7 Å². The number of anilines is 3. The summed E-state index contributed by atoms with van der Waals surface area (Å²) in [5.41, 5.74) is 1.81. The maximum Gasteiger partial charge on any atom is 0.224 e. The summed E-state index contributed by atoms with van der Waals surface area (Å²) in [7, 11) is 3.66. The van der Waals surface area contributed by atoms with E-state index in [-0.39, 0.29) is 0 Å². The molecule has 0 unspecified atom stereocenters. The summed E-state index contributed by atoms with van der Waals surface area (Å²) < 4.78 is 1.73. The van der Waals surface area contributed by atoms with Crippen molar-refractivity contribution in [3.05, 3.63) is 24.2 Å². The first-order chi connectivity index (χ1) is 7.67. The van der Waals surface area contributed by atoms with Gasteiger partial charge in [0.25, 0.3) is 0 Å². The van der Waals surface area contributed by atoms with Gasteiger partial charge in [-0.25, -0.2) is 4.98 Å². The molecule has 0 spiro atoms. The molecule has 0 radical (unpaired) electrons. The van der Waals surface area contributed by atoms with Crippen LogP contribution in [-0.4, -0.2) is 26.8 Å². The molecular formula is C10H14N6. The third kappa shape index (κ3) is 2.28. The van der Waals surface area contributed by atoms with Crippen molar-refractivity contribution in [1.29, 1.82) is 0 Å². The van der Waals surface area contributed by atoms with Crippen LogP contribution in [0.5, 0.6) is 0 Å². The Balaban J connectivity index is 2.24. The van der Waals surface area contributed by atoms with E-state index in [2.05, 4.69) is 25.7 Å². The lowest BCUT2D eigenvalue weighted by Crippen LogP contribution is -2.01. The van der Waals surface area contributed by atoms with Gasteiger partial charge < -0.3 is 10.6 Å². The number of nitrogens with zero attached hydrogens (tertiary/aromatic N) is 4. The summed E-state index contributed by atoms with van der Waals surface area (Å²) in [5, 5.41) is 10.2. The summed E-state index contributed by atoms with van der Waals surface area (Å²) in [6, 6.07) is 1.88. The molecular weight excluding hydrogens is 204 g/mol. The largest absolute Gasteiger partial charge is 0.357 e. The van der Waals surface area contributed by atoms with Crippen molar-refractivity contribution in [2.45, 2.75) is 6.92 Å². The fraction of sp³-hybridized carbons (Fsp3) is 0.300. The molecule has 2 aromatic rings. The molecule has 2 heterocycles.